The van der Waals surface area contributed by atoms with Gasteiger partial charge in [-0.3, -0.25) is 4.79 Å². The Bertz CT molecular complexity index is 570. The van der Waals surface area contributed by atoms with E-state index in [4.69, 9.17) is 4.98 Å². The monoisotopic (exact) mass is 260 g/mol. The highest BCUT2D eigenvalue weighted by atomic mass is 32.1. The normalized spacial score (nSPS) is 18.3. The number of carbonyl (C=O) groups excluding carboxylic acids is 1. The molecule has 0 atom stereocenters. The first kappa shape index (κ1) is 11.8. The Balaban J connectivity index is 1.91. The predicted octanol–water partition coefficient (Wildman–Crippen LogP) is 2.92. The van der Waals surface area contributed by atoms with Crippen molar-refractivity contribution in [2.24, 2.45) is 0 Å². The van der Waals surface area contributed by atoms with E-state index >= 15 is 0 Å². The van der Waals surface area contributed by atoms with E-state index in [2.05, 4.69) is 11.9 Å². The van der Waals surface area contributed by atoms with Gasteiger partial charge in [-0.15, -0.1) is 11.3 Å². The first-order valence-corrected chi connectivity index (χ1v) is 7.12. The molecule has 94 valence electrons. The molecular formula is C14H16N2OS. The second kappa shape index (κ2) is 4.78. The Labute approximate surface area is 110 Å². The minimum Gasteiger partial charge on any atom is -0.306 e. The van der Waals surface area contributed by atoms with Gasteiger partial charge in [-0.05, 0) is 51.2 Å². The van der Waals surface area contributed by atoms with Gasteiger partial charge in [-0.25, -0.2) is 4.98 Å². The minimum atomic E-state index is 0.596. The fraction of sp³-hybridized carbons (Fsp3) is 0.429. The Hall–Kier alpha value is -1.26. The highest BCUT2D eigenvalue weighted by Crippen LogP contribution is 2.33. The van der Waals surface area contributed by atoms with E-state index in [1.54, 1.807) is 11.3 Å². The van der Waals surface area contributed by atoms with Crippen molar-refractivity contribution in [2.45, 2.75) is 18.8 Å². The quantitative estimate of drug-likeness (QED) is 0.778. The zero-order valence-corrected chi connectivity index (χ0v) is 11.2. The summed E-state index contributed by atoms with van der Waals surface area (Å²) in [6, 6.07) is 5.74. The molecule has 1 fully saturated rings. The van der Waals surface area contributed by atoms with Crippen LogP contribution in [-0.4, -0.2) is 36.3 Å². The molecule has 2 aromatic rings. The molecule has 1 aromatic heterocycles. The molecular weight excluding hydrogens is 244 g/mol. The predicted molar refractivity (Wildman–Crippen MR) is 74.5 cm³/mol. The number of hydrogen-bond donors (Lipinski definition) is 0. The van der Waals surface area contributed by atoms with Gasteiger partial charge in [0.2, 0.25) is 0 Å². The molecule has 0 radical (unpaired) electrons. The molecule has 0 saturated carbocycles. The average molecular weight is 260 g/mol. The van der Waals surface area contributed by atoms with Crippen LogP contribution in [-0.2, 0) is 0 Å². The van der Waals surface area contributed by atoms with Crippen LogP contribution in [0.3, 0.4) is 0 Å². The Morgan fingerprint density at radius 2 is 2.17 bits per heavy atom. The van der Waals surface area contributed by atoms with Crippen molar-refractivity contribution in [2.75, 3.05) is 20.1 Å². The summed E-state index contributed by atoms with van der Waals surface area (Å²) in [6.45, 7) is 2.31. The fourth-order valence-corrected chi connectivity index (χ4v) is 3.65. The zero-order valence-electron chi connectivity index (χ0n) is 10.4. The smallest absolute Gasteiger partial charge is 0.150 e. The largest absolute Gasteiger partial charge is 0.306 e. The summed E-state index contributed by atoms with van der Waals surface area (Å²) < 4.78 is 1.13. The standard InChI is InChI=1S/C14H16N2OS/c1-16-6-4-11(5-7-16)14-15-12-3-2-10(9-17)8-13(12)18-14/h2-3,8-9,11H,4-7H2,1H3. The first-order chi connectivity index (χ1) is 8.76. The Morgan fingerprint density at radius 1 is 1.39 bits per heavy atom. The molecule has 4 heteroatoms. The maximum Gasteiger partial charge on any atom is 0.150 e. The molecule has 2 heterocycles. The maximum atomic E-state index is 10.8. The average Bonchev–Trinajstić information content (AvgIpc) is 2.82. The van der Waals surface area contributed by atoms with Gasteiger partial charge in [0, 0.05) is 11.5 Å². The lowest BCUT2D eigenvalue weighted by molar-refractivity contribution is 0.112. The molecule has 0 N–H and O–H groups in total. The van der Waals surface area contributed by atoms with Gasteiger partial charge in [0.1, 0.15) is 6.29 Å². The number of rotatable bonds is 2. The summed E-state index contributed by atoms with van der Waals surface area (Å²) in [5, 5.41) is 1.24. The summed E-state index contributed by atoms with van der Waals surface area (Å²) in [7, 11) is 2.17. The van der Waals surface area contributed by atoms with E-state index < -0.39 is 0 Å². The van der Waals surface area contributed by atoms with Crippen molar-refractivity contribution < 1.29 is 4.79 Å². The van der Waals surface area contributed by atoms with E-state index in [1.165, 1.54) is 17.8 Å². The summed E-state index contributed by atoms with van der Waals surface area (Å²) in [5.41, 5.74) is 1.76. The second-order valence-corrected chi connectivity index (χ2v) is 6.04. The zero-order chi connectivity index (χ0) is 12.5. The van der Waals surface area contributed by atoms with Gasteiger partial charge < -0.3 is 4.90 Å². The lowest BCUT2D eigenvalue weighted by Crippen LogP contribution is -2.29. The van der Waals surface area contributed by atoms with Crippen LogP contribution in [0.4, 0.5) is 0 Å². The van der Waals surface area contributed by atoms with Crippen LogP contribution in [0.5, 0.6) is 0 Å². The molecule has 1 saturated heterocycles. The minimum absolute atomic E-state index is 0.596. The molecule has 0 bridgehead atoms. The molecule has 3 nitrogen and oxygen atoms in total. The van der Waals surface area contributed by atoms with Crippen LogP contribution in [0.2, 0.25) is 0 Å². The van der Waals surface area contributed by atoms with Crippen molar-refractivity contribution in [3.63, 3.8) is 0 Å². The van der Waals surface area contributed by atoms with E-state index in [1.807, 2.05) is 18.2 Å². The summed E-state index contributed by atoms with van der Waals surface area (Å²) in [4.78, 5) is 17.9. The third-order valence-electron chi connectivity index (χ3n) is 3.63. The molecule has 18 heavy (non-hydrogen) atoms. The molecule has 1 aliphatic rings. The third-order valence-corrected chi connectivity index (χ3v) is 4.81. The number of benzene rings is 1. The number of nitrogens with zero attached hydrogens (tertiary/aromatic N) is 2. The van der Waals surface area contributed by atoms with Gasteiger partial charge in [0.15, 0.2) is 0 Å². The van der Waals surface area contributed by atoms with Crippen molar-refractivity contribution in [3.05, 3.63) is 28.8 Å². The molecule has 0 unspecified atom stereocenters. The number of thiazole rings is 1. The van der Waals surface area contributed by atoms with E-state index in [0.717, 1.165) is 35.2 Å². The molecule has 0 amide bonds. The van der Waals surface area contributed by atoms with Crippen LogP contribution in [0, 0.1) is 0 Å². The summed E-state index contributed by atoms with van der Waals surface area (Å²) in [5.74, 6) is 0.596. The van der Waals surface area contributed by atoms with Gasteiger partial charge in [-0.1, -0.05) is 0 Å². The molecule has 1 aromatic carbocycles. The number of likely N-dealkylation sites (tertiary alicyclic amines) is 1. The number of fused-ring (bicyclic) bond motifs is 1. The van der Waals surface area contributed by atoms with Gasteiger partial charge in [0.25, 0.3) is 0 Å². The lowest BCUT2D eigenvalue weighted by atomic mass is 9.98. The van der Waals surface area contributed by atoms with Crippen LogP contribution in [0.1, 0.15) is 34.1 Å². The number of aldehydes is 1. The van der Waals surface area contributed by atoms with Crippen molar-refractivity contribution in [3.8, 4) is 0 Å². The SMILES string of the molecule is CN1CCC(c2nc3ccc(C=O)cc3s2)CC1. The number of hydrogen-bond acceptors (Lipinski definition) is 4. The van der Waals surface area contributed by atoms with E-state index in [-0.39, 0.29) is 0 Å². The molecule has 0 aliphatic carbocycles. The molecule has 3 rings (SSSR count). The highest BCUT2D eigenvalue weighted by molar-refractivity contribution is 7.18. The number of piperidine rings is 1. The van der Waals surface area contributed by atoms with E-state index in [9.17, 15) is 4.79 Å². The maximum absolute atomic E-state index is 10.8. The summed E-state index contributed by atoms with van der Waals surface area (Å²) >= 11 is 1.75. The molecule has 0 spiro atoms. The highest BCUT2D eigenvalue weighted by Gasteiger charge is 2.21. The number of aromatic nitrogens is 1. The first-order valence-electron chi connectivity index (χ1n) is 6.30. The Kier molecular flexibility index (Phi) is 3.14. The second-order valence-electron chi connectivity index (χ2n) is 4.97. The summed E-state index contributed by atoms with van der Waals surface area (Å²) in [6.07, 6.45) is 3.28. The lowest BCUT2D eigenvalue weighted by Gasteiger charge is -2.27. The van der Waals surface area contributed by atoms with E-state index in [0.29, 0.717) is 5.92 Å². The van der Waals surface area contributed by atoms with Crippen molar-refractivity contribution in [1.82, 2.24) is 9.88 Å². The Morgan fingerprint density at radius 3 is 2.89 bits per heavy atom. The van der Waals surface area contributed by atoms with Crippen LogP contribution < -0.4 is 0 Å². The van der Waals surface area contributed by atoms with Crippen LogP contribution >= 0.6 is 11.3 Å². The molecule has 1 aliphatic heterocycles. The van der Waals surface area contributed by atoms with Gasteiger partial charge >= 0.3 is 0 Å². The fourth-order valence-electron chi connectivity index (χ4n) is 2.46. The van der Waals surface area contributed by atoms with Crippen LogP contribution in [0.25, 0.3) is 10.2 Å². The van der Waals surface area contributed by atoms with Gasteiger partial charge in [-0.2, -0.15) is 0 Å². The third kappa shape index (κ3) is 2.18. The number of carbonyl (C=O) groups is 1. The van der Waals surface area contributed by atoms with Crippen molar-refractivity contribution in [1.29, 1.82) is 0 Å². The van der Waals surface area contributed by atoms with Gasteiger partial charge in [0.05, 0.1) is 15.2 Å². The van der Waals surface area contributed by atoms with Crippen LogP contribution in [0.15, 0.2) is 18.2 Å². The van der Waals surface area contributed by atoms with Crippen molar-refractivity contribution >= 4 is 27.8 Å². The topological polar surface area (TPSA) is 33.2 Å².